The molecule has 2 heteroatoms. The lowest BCUT2D eigenvalue weighted by atomic mass is 9.91. The van der Waals surface area contributed by atoms with Gasteiger partial charge in [0.1, 0.15) is 0 Å². The van der Waals surface area contributed by atoms with Crippen molar-refractivity contribution < 1.29 is 0 Å². The third kappa shape index (κ3) is 3.21. The molecule has 1 saturated carbocycles. The molecule has 1 fully saturated rings. The summed E-state index contributed by atoms with van der Waals surface area (Å²) in [6, 6.07) is 1.82. The predicted octanol–water partition coefficient (Wildman–Crippen LogP) is 1.25. The van der Waals surface area contributed by atoms with Gasteiger partial charge < -0.3 is 11.1 Å². The van der Waals surface area contributed by atoms with Crippen LogP contribution in [-0.2, 0) is 0 Å². The number of hydrogen-bond acceptors (Lipinski definition) is 2. The summed E-state index contributed by atoms with van der Waals surface area (Å²) in [4.78, 5) is 0. The molecule has 0 heterocycles. The summed E-state index contributed by atoms with van der Waals surface area (Å²) in [7, 11) is 0. The summed E-state index contributed by atoms with van der Waals surface area (Å²) in [5.41, 5.74) is 5.80. The Balaban J connectivity index is 2.17. The van der Waals surface area contributed by atoms with E-state index in [1.807, 2.05) is 0 Å². The van der Waals surface area contributed by atoms with E-state index in [4.69, 9.17) is 5.73 Å². The molecule has 1 aliphatic carbocycles. The summed E-state index contributed by atoms with van der Waals surface area (Å²) in [5, 5.41) is 3.55. The third-order valence-corrected chi connectivity index (χ3v) is 2.34. The molecule has 0 spiro atoms. The average Bonchev–Trinajstić information content (AvgIpc) is 1.93. The highest BCUT2D eigenvalue weighted by Gasteiger charge is 2.18. The van der Waals surface area contributed by atoms with E-state index in [1.54, 1.807) is 0 Å². The summed E-state index contributed by atoms with van der Waals surface area (Å²) in [6.45, 7) is 4.41. The zero-order valence-corrected chi connectivity index (χ0v) is 7.64. The van der Waals surface area contributed by atoms with Gasteiger partial charge in [-0.3, -0.25) is 0 Å². The number of nitrogens with two attached hydrogens (primary N) is 1. The van der Waals surface area contributed by atoms with Gasteiger partial charge in [0.05, 0.1) is 0 Å². The first kappa shape index (κ1) is 9.01. The van der Waals surface area contributed by atoms with Crippen LogP contribution in [0.25, 0.3) is 0 Å². The monoisotopic (exact) mass is 156 g/mol. The Labute approximate surface area is 69.5 Å². The average molecular weight is 156 g/mol. The highest BCUT2D eigenvalue weighted by molar-refractivity contribution is 4.79. The number of hydrogen-bond donors (Lipinski definition) is 2. The lowest BCUT2D eigenvalue weighted by molar-refractivity contribution is 0.326. The Morgan fingerprint density at radius 3 is 2.18 bits per heavy atom. The largest absolute Gasteiger partial charge is 0.328 e. The van der Waals surface area contributed by atoms with Crippen LogP contribution < -0.4 is 11.1 Å². The van der Waals surface area contributed by atoms with Crippen molar-refractivity contribution in [2.45, 2.75) is 57.7 Å². The molecule has 1 rings (SSSR count). The van der Waals surface area contributed by atoms with Crippen molar-refractivity contribution in [3.8, 4) is 0 Å². The van der Waals surface area contributed by atoms with Gasteiger partial charge in [-0.2, -0.15) is 0 Å². The minimum Gasteiger partial charge on any atom is -0.328 e. The van der Waals surface area contributed by atoms with E-state index in [0.29, 0.717) is 12.1 Å². The molecule has 0 aliphatic heterocycles. The van der Waals surface area contributed by atoms with Gasteiger partial charge in [-0.1, -0.05) is 13.8 Å². The lowest BCUT2D eigenvalue weighted by Crippen LogP contribution is -2.40. The fraction of sp³-hybridized carbons (Fsp3) is 1.00. The number of rotatable bonds is 2. The Kier molecular flexibility index (Phi) is 3.34. The van der Waals surface area contributed by atoms with Crippen molar-refractivity contribution in [2.24, 2.45) is 5.73 Å². The van der Waals surface area contributed by atoms with Crippen molar-refractivity contribution in [3.05, 3.63) is 0 Å². The van der Waals surface area contributed by atoms with E-state index in [2.05, 4.69) is 19.2 Å². The quantitative estimate of drug-likeness (QED) is 0.631. The molecule has 2 nitrogen and oxygen atoms in total. The minimum atomic E-state index is 0.472. The summed E-state index contributed by atoms with van der Waals surface area (Å²) < 4.78 is 0. The van der Waals surface area contributed by atoms with Gasteiger partial charge in [-0.05, 0) is 25.7 Å². The second kappa shape index (κ2) is 4.07. The SMILES string of the molecule is CC(C)N[C@H]1CC[C@H](N)CC1. The molecule has 0 saturated heterocycles. The van der Waals surface area contributed by atoms with Crippen LogP contribution in [-0.4, -0.2) is 18.1 Å². The molecule has 0 aromatic carbocycles. The molecule has 0 radical (unpaired) electrons. The first-order valence-corrected chi connectivity index (χ1v) is 4.70. The van der Waals surface area contributed by atoms with Gasteiger partial charge in [0.2, 0.25) is 0 Å². The van der Waals surface area contributed by atoms with Crippen LogP contribution in [0.2, 0.25) is 0 Å². The molecular formula is C9H20N2. The van der Waals surface area contributed by atoms with Crippen molar-refractivity contribution in [3.63, 3.8) is 0 Å². The highest BCUT2D eigenvalue weighted by atomic mass is 14.9. The summed E-state index contributed by atoms with van der Waals surface area (Å²) in [6.07, 6.45) is 4.92. The smallest absolute Gasteiger partial charge is 0.00705 e. The molecule has 3 N–H and O–H groups in total. The van der Waals surface area contributed by atoms with Gasteiger partial charge in [0, 0.05) is 18.1 Å². The van der Waals surface area contributed by atoms with Crippen LogP contribution in [0.1, 0.15) is 39.5 Å². The lowest BCUT2D eigenvalue weighted by Gasteiger charge is -2.28. The fourth-order valence-corrected chi connectivity index (χ4v) is 1.76. The van der Waals surface area contributed by atoms with Gasteiger partial charge in [0.25, 0.3) is 0 Å². The normalized spacial score (nSPS) is 32.7. The van der Waals surface area contributed by atoms with Crippen LogP contribution in [0.5, 0.6) is 0 Å². The third-order valence-electron chi connectivity index (χ3n) is 2.34. The van der Waals surface area contributed by atoms with Crippen LogP contribution in [0.3, 0.4) is 0 Å². The standard InChI is InChI=1S/C9H20N2/c1-7(2)11-9-5-3-8(10)4-6-9/h7-9,11H,3-6,10H2,1-2H3/t8-,9-. The first-order valence-electron chi connectivity index (χ1n) is 4.70. The van der Waals surface area contributed by atoms with E-state index >= 15 is 0 Å². The molecule has 0 bridgehead atoms. The molecule has 66 valence electrons. The Morgan fingerprint density at radius 1 is 1.18 bits per heavy atom. The Hall–Kier alpha value is -0.0800. The van der Waals surface area contributed by atoms with Crippen molar-refractivity contribution in [1.82, 2.24) is 5.32 Å². The van der Waals surface area contributed by atoms with E-state index in [1.165, 1.54) is 25.7 Å². The maximum Gasteiger partial charge on any atom is 0.00705 e. The first-order chi connectivity index (χ1) is 5.18. The Bertz CT molecular complexity index is 104. The van der Waals surface area contributed by atoms with Crippen LogP contribution in [0.15, 0.2) is 0 Å². The van der Waals surface area contributed by atoms with E-state index < -0.39 is 0 Å². The molecule has 0 amide bonds. The molecule has 0 atom stereocenters. The van der Waals surface area contributed by atoms with E-state index in [0.717, 1.165) is 6.04 Å². The maximum atomic E-state index is 5.80. The van der Waals surface area contributed by atoms with E-state index in [-0.39, 0.29) is 0 Å². The zero-order chi connectivity index (χ0) is 8.27. The fourth-order valence-electron chi connectivity index (χ4n) is 1.76. The van der Waals surface area contributed by atoms with Crippen molar-refractivity contribution in [2.75, 3.05) is 0 Å². The van der Waals surface area contributed by atoms with Gasteiger partial charge in [-0.25, -0.2) is 0 Å². The molecule has 0 aromatic rings. The van der Waals surface area contributed by atoms with Gasteiger partial charge in [0.15, 0.2) is 0 Å². The number of nitrogens with one attached hydrogen (secondary N) is 1. The van der Waals surface area contributed by atoms with Crippen LogP contribution >= 0.6 is 0 Å². The topological polar surface area (TPSA) is 38.0 Å². The van der Waals surface area contributed by atoms with E-state index in [9.17, 15) is 0 Å². The predicted molar refractivity (Wildman–Crippen MR) is 48.5 cm³/mol. The second-order valence-corrected chi connectivity index (χ2v) is 3.93. The molecular weight excluding hydrogens is 136 g/mol. The molecule has 0 aromatic heterocycles. The zero-order valence-electron chi connectivity index (χ0n) is 7.64. The maximum absolute atomic E-state index is 5.80. The summed E-state index contributed by atoms with van der Waals surface area (Å²) >= 11 is 0. The second-order valence-electron chi connectivity index (χ2n) is 3.93. The van der Waals surface area contributed by atoms with Crippen LogP contribution in [0, 0.1) is 0 Å². The Morgan fingerprint density at radius 2 is 1.73 bits per heavy atom. The van der Waals surface area contributed by atoms with Crippen molar-refractivity contribution >= 4 is 0 Å². The van der Waals surface area contributed by atoms with Crippen LogP contribution in [0.4, 0.5) is 0 Å². The molecule has 1 aliphatic rings. The summed E-state index contributed by atoms with van der Waals surface area (Å²) in [5.74, 6) is 0. The van der Waals surface area contributed by atoms with Gasteiger partial charge >= 0.3 is 0 Å². The van der Waals surface area contributed by atoms with Gasteiger partial charge in [-0.15, -0.1) is 0 Å². The molecule has 0 unspecified atom stereocenters. The molecule has 11 heavy (non-hydrogen) atoms. The highest BCUT2D eigenvalue weighted by Crippen LogP contribution is 2.17. The van der Waals surface area contributed by atoms with Crippen molar-refractivity contribution in [1.29, 1.82) is 0 Å². The minimum absolute atomic E-state index is 0.472.